The summed E-state index contributed by atoms with van der Waals surface area (Å²) in [5.41, 5.74) is 5.26. The van der Waals surface area contributed by atoms with Gasteiger partial charge >= 0.3 is 6.18 Å². The number of rotatable bonds is 2. The molecule has 96 valence electrons. The minimum absolute atomic E-state index is 0.0258. The first-order valence-corrected chi connectivity index (χ1v) is 4.99. The number of anilines is 1. The molecule has 18 heavy (non-hydrogen) atoms. The average Bonchev–Trinajstić information content (AvgIpc) is 2.63. The van der Waals surface area contributed by atoms with Crippen LogP contribution in [0.2, 0.25) is 0 Å². The van der Waals surface area contributed by atoms with Gasteiger partial charge in [0.25, 0.3) is 0 Å². The van der Waals surface area contributed by atoms with Gasteiger partial charge in [-0.05, 0) is 23.8 Å². The number of benzene rings is 1. The van der Waals surface area contributed by atoms with Crippen molar-refractivity contribution in [2.45, 2.75) is 12.7 Å². The summed E-state index contributed by atoms with van der Waals surface area (Å²) in [6, 6.07) is 3.82. The van der Waals surface area contributed by atoms with E-state index >= 15 is 0 Å². The third-order valence-electron chi connectivity index (χ3n) is 2.29. The Labute approximate surface area is 99.8 Å². The maximum absolute atomic E-state index is 13.0. The smallest absolute Gasteiger partial charge is 0.399 e. The van der Waals surface area contributed by atoms with Crippen molar-refractivity contribution < 1.29 is 17.6 Å². The van der Waals surface area contributed by atoms with E-state index in [1.807, 2.05) is 0 Å². The molecule has 1 aromatic carbocycles. The molecule has 2 aromatic rings. The van der Waals surface area contributed by atoms with Crippen LogP contribution in [0.15, 0.2) is 30.6 Å². The third-order valence-corrected chi connectivity index (χ3v) is 2.29. The van der Waals surface area contributed by atoms with Gasteiger partial charge < -0.3 is 5.73 Å². The van der Waals surface area contributed by atoms with Crippen LogP contribution in [-0.2, 0) is 12.7 Å². The van der Waals surface area contributed by atoms with Crippen LogP contribution in [0, 0.1) is 5.82 Å². The fourth-order valence-corrected chi connectivity index (χ4v) is 1.55. The van der Waals surface area contributed by atoms with Crippen molar-refractivity contribution in [3.8, 4) is 0 Å². The molecule has 0 spiro atoms. The molecular formula is C11H9F4N3. The van der Waals surface area contributed by atoms with Crippen LogP contribution in [-0.4, -0.2) is 9.78 Å². The van der Waals surface area contributed by atoms with E-state index in [4.69, 9.17) is 5.73 Å². The van der Waals surface area contributed by atoms with Gasteiger partial charge in [0.05, 0.1) is 18.3 Å². The zero-order valence-electron chi connectivity index (χ0n) is 9.08. The number of halogens is 4. The predicted molar refractivity (Wildman–Crippen MR) is 57.1 cm³/mol. The highest BCUT2D eigenvalue weighted by Gasteiger charge is 2.32. The van der Waals surface area contributed by atoms with E-state index in [1.54, 1.807) is 0 Å². The number of hydrogen-bond donors (Lipinski definition) is 1. The highest BCUT2D eigenvalue weighted by atomic mass is 19.4. The second-order valence-electron chi connectivity index (χ2n) is 3.82. The Bertz CT molecular complexity index is 539. The van der Waals surface area contributed by atoms with Gasteiger partial charge in [-0.1, -0.05) is 0 Å². The Balaban J connectivity index is 2.21. The standard InChI is InChI=1S/C11H9F4N3/c12-9-1-7(2-10(16)3-9)5-18-6-8(4-17-18)11(13,14)15/h1-4,6H,5,16H2. The fourth-order valence-electron chi connectivity index (χ4n) is 1.55. The molecule has 1 aromatic heterocycles. The van der Waals surface area contributed by atoms with Gasteiger partial charge in [-0.25, -0.2) is 4.39 Å². The molecule has 0 amide bonds. The van der Waals surface area contributed by atoms with E-state index in [9.17, 15) is 17.6 Å². The Morgan fingerprint density at radius 3 is 2.50 bits per heavy atom. The van der Waals surface area contributed by atoms with Crippen molar-refractivity contribution in [1.82, 2.24) is 9.78 Å². The van der Waals surface area contributed by atoms with Gasteiger partial charge in [0.1, 0.15) is 5.82 Å². The molecule has 0 saturated heterocycles. The summed E-state index contributed by atoms with van der Waals surface area (Å²) >= 11 is 0. The van der Waals surface area contributed by atoms with Gasteiger partial charge in [-0.3, -0.25) is 4.68 Å². The SMILES string of the molecule is Nc1cc(F)cc(Cn2cc(C(F)(F)F)cn2)c1. The highest BCUT2D eigenvalue weighted by Crippen LogP contribution is 2.28. The molecule has 0 aliphatic carbocycles. The summed E-state index contributed by atoms with van der Waals surface area (Å²) in [6.07, 6.45) is -2.84. The summed E-state index contributed by atoms with van der Waals surface area (Å²) in [7, 11) is 0. The Morgan fingerprint density at radius 1 is 1.22 bits per heavy atom. The van der Waals surface area contributed by atoms with Crippen LogP contribution in [0.25, 0.3) is 0 Å². The molecule has 0 unspecified atom stereocenters. The third kappa shape index (κ3) is 2.79. The summed E-state index contributed by atoms with van der Waals surface area (Å²) in [6.45, 7) is 0.0258. The number of nitrogen functional groups attached to an aromatic ring is 1. The highest BCUT2D eigenvalue weighted by molar-refractivity contribution is 5.41. The van der Waals surface area contributed by atoms with Crippen molar-refractivity contribution in [3.63, 3.8) is 0 Å². The number of aromatic nitrogens is 2. The van der Waals surface area contributed by atoms with Crippen LogP contribution < -0.4 is 5.73 Å². The van der Waals surface area contributed by atoms with Crippen LogP contribution in [0.1, 0.15) is 11.1 Å². The molecule has 0 aliphatic rings. The second kappa shape index (κ2) is 4.32. The Kier molecular flexibility index (Phi) is 2.98. The van der Waals surface area contributed by atoms with Crippen LogP contribution in [0.5, 0.6) is 0 Å². The molecule has 1 heterocycles. The maximum atomic E-state index is 13.0. The average molecular weight is 259 g/mol. The topological polar surface area (TPSA) is 43.8 Å². The lowest BCUT2D eigenvalue weighted by Crippen LogP contribution is -2.04. The van der Waals surface area contributed by atoms with E-state index in [1.165, 1.54) is 12.1 Å². The maximum Gasteiger partial charge on any atom is 0.419 e. The number of nitrogens with two attached hydrogens (primary N) is 1. The number of alkyl halides is 3. The summed E-state index contributed by atoms with van der Waals surface area (Å²) < 4.78 is 51.1. The van der Waals surface area contributed by atoms with Gasteiger partial charge in [-0.15, -0.1) is 0 Å². The molecule has 0 saturated carbocycles. The normalized spacial score (nSPS) is 11.8. The molecule has 0 radical (unpaired) electrons. The Morgan fingerprint density at radius 2 is 1.94 bits per heavy atom. The van der Waals surface area contributed by atoms with E-state index in [-0.39, 0.29) is 12.2 Å². The van der Waals surface area contributed by atoms with E-state index < -0.39 is 17.6 Å². The van der Waals surface area contributed by atoms with Crippen LogP contribution >= 0.6 is 0 Å². The summed E-state index contributed by atoms with van der Waals surface area (Å²) in [5.74, 6) is -0.534. The lowest BCUT2D eigenvalue weighted by molar-refractivity contribution is -0.137. The quantitative estimate of drug-likeness (QED) is 0.665. The minimum Gasteiger partial charge on any atom is -0.399 e. The lowest BCUT2D eigenvalue weighted by Gasteiger charge is -2.04. The van der Waals surface area contributed by atoms with Gasteiger partial charge in [0.15, 0.2) is 0 Å². The molecule has 2 N–H and O–H groups in total. The molecule has 3 nitrogen and oxygen atoms in total. The van der Waals surface area contributed by atoms with Crippen molar-refractivity contribution >= 4 is 5.69 Å². The zero-order valence-corrected chi connectivity index (χ0v) is 9.08. The van der Waals surface area contributed by atoms with Crippen LogP contribution in [0.3, 0.4) is 0 Å². The molecular weight excluding hydrogens is 250 g/mol. The molecule has 0 atom stereocenters. The monoisotopic (exact) mass is 259 g/mol. The molecule has 0 aliphatic heterocycles. The summed E-state index contributed by atoms with van der Waals surface area (Å²) in [5, 5.41) is 3.57. The molecule has 0 fully saturated rings. The van der Waals surface area contributed by atoms with Gasteiger partial charge in [0, 0.05) is 11.9 Å². The first-order chi connectivity index (χ1) is 8.34. The van der Waals surface area contributed by atoms with Gasteiger partial charge in [-0.2, -0.15) is 18.3 Å². The van der Waals surface area contributed by atoms with Crippen molar-refractivity contribution in [1.29, 1.82) is 0 Å². The first kappa shape index (κ1) is 12.4. The van der Waals surface area contributed by atoms with E-state index in [0.29, 0.717) is 5.56 Å². The zero-order chi connectivity index (χ0) is 13.3. The van der Waals surface area contributed by atoms with Crippen molar-refractivity contribution in [2.75, 3.05) is 5.73 Å². The summed E-state index contributed by atoms with van der Waals surface area (Å²) in [4.78, 5) is 0. The number of nitrogens with zero attached hydrogens (tertiary/aromatic N) is 2. The van der Waals surface area contributed by atoms with Gasteiger partial charge in [0.2, 0.25) is 0 Å². The van der Waals surface area contributed by atoms with E-state index in [0.717, 1.165) is 23.1 Å². The lowest BCUT2D eigenvalue weighted by atomic mass is 10.2. The first-order valence-electron chi connectivity index (χ1n) is 4.99. The number of hydrogen-bond acceptors (Lipinski definition) is 2. The van der Waals surface area contributed by atoms with E-state index in [2.05, 4.69) is 5.10 Å². The van der Waals surface area contributed by atoms with Crippen LogP contribution in [0.4, 0.5) is 23.2 Å². The van der Waals surface area contributed by atoms with Crippen molar-refractivity contribution in [3.05, 3.63) is 47.5 Å². The molecule has 7 heteroatoms. The molecule has 0 bridgehead atoms. The molecule has 2 rings (SSSR count). The minimum atomic E-state index is -4.43. The second-order valence-corrected chi connectivity index (χ2v) is 3.82. The largest absolute Gasteiger partial charge is 0.419 e. The Hall–Kier alpha value is -2.05. The predicted octanol–water partition coefficient (Wildman–Crippen LogP) is 2.67. The van der Waals surface area contributed by atoms with Crippen molar-refractivity contribution in [2.24, 2.45) is 0 Å². The fraction of sp³-hybridized carbons (Fsp3) is 0.182.